The highest BCUT2D eigenvalue weighted by atomic mass is 16.4. The molecule has 1 aromatic heterocycles. The molecule has 80 valence electrons. The zero-order chi connectivity index (χ0) is 10.8. The Kier molecular flexibility index (Phi) is 2.53. The van der Waals surface area contributed by atoms with Gasteiger partial charge in [-0.3, -0.25) is 4.98 Å². The van der Waals surface area contributed by atoms with Crippen LogP contribution in [0.25, 0.3) is 0 Å². The van der Waals surface area contributed by atoms with Crippen molar-refractivity contribution in [1.29, 1.82) is 0 Å². The smallest absolute Gasteiger partial charge is 0.326 e. The van der Waals surface area contributed by atoms with Crippen LogP contribution in [0.15, 0.2) is 18.6 Å². The number of aromatic nitrogens is 2. The van der Waals surface area contributed by atoms with Gasteiger partial charge in [-0.1, -0.05) is 0 Å². The first kappa shape index (κ1) is 9.89. The van der Waals surface area contributed by atoms with Crippen molar-refractivity contribution in [2.45, 2.75) is 31.8 Å². The van der Waals surface area contributed by atoms with E-state index in [0.717, 1.165) is 12.8 Å². The van der Waals surface area contributed by atoms with Crippen LogP contribution in [0.3, 0.4) is 0 Å². The molecular formula is C10H13N3O2. The Hall–Kier alpha value is -1.65. The van der Waals surface area contributed by atoms with E-state index in [1.54, 1.807) is 25.5 Å². The van der Waals surface area contributed by atoms with Gasteiger partial charge in [0.2, 0.25) is 0 Å². The highest BCUT2D eigenvalue weighted by Crippen LogP contribution is 2.31. The molecule has 0 amide bonds. The third kappa shape index (κ3) is 2.06. The van der Waals surface area contributed by atoms with Crippen LogP contribution in [0.2, 0.25) is 0 Å². The number of anilines is 1. The fourth-order valence-electron chi connectivity index (χ4n) is 1.60. The van der Waals surface area contributed by atoms with Gasteiger partial charge in [-0.05, 0) is 19.8 Å². The summed E-state index contributed by atoms with van der Waals surface area (Å²) in [5.74, 6) is -0.178. The lowest BCUT2D eigenvalue weighted by atomic mass is 10.3. The second-order valence-corrected chi connectivity index (χ2v) is 3.72. The number of hydrogen-bond acceptors (Lipinski definition) is 4. The number of carboxylic acid groups (broad SMARTS) is 1. The van der Waals surface area contributed by atoms with Gasteiger partial charge in [0.25, 0.3) is 0 Å². The summed E-state index contributed by atoms with van der Waals surface area (Å²) in [6.45, 7) is 1.68. The topological polar surface area (TPSA) is 66.3 Å². The lowest BCUT2D eigenvalue weighted by Gasteiger charge is -2.26. The molecule has 0 spiro atoms. The van der Waals surface area contributed by atoms with Crippen LogP contribution < -0.4 is 4.90 Å². The predicted molar refractivity (Wildman–Crippen MR) is 54.6 cm³/mol. The molecule has 1 atom stereocenters. The van der Waals surface area contributed by atoms with Gasteiger partial charge in [-0.2, -0.15) is 0 Å². The summed E-state index contributed by atoms with van der Waals surface area (Å²) >= 11 is 0. The Bertz CT molecular complexity index is 351. The summed E-state index contributed by atoms with van der Waals surface area (Å²) in [6, 6.07) is -0.234. The van der Waals surface area contributed by atoms with Gasteiger partial charge in [-0.15, -0.1) is 0 Å². The molecule has 1 N–H and O–H groups in total. The van der Waals surface area contributed by atoms with Gasteiger partial charge < -0.3 is 10.0 Å². The summed E-state index contributed by atoms with van der Waals surface area (Å²) in [7, 11) is 0. The maximum atomic E-state index is 11.0. The first-order valence-electron chi connectivity index (χ1n) is 4.97. The summed E-state index contributed by atoms with van der Waals surface area (Å²) in [4.78, 5) is 20.9. The molecule has 1 fully saturated rings. The van der Waals surface area contributed by atoms with Gasteiger partial charge in [-0.25, -0.2) is 9.78 Å². The first-order chi connectivity index (χ1) is 7.20. The fourth-order valence-corrected chi connectivity index (χ4v) is 1.60. The van der Waals surface area contributed by atoms with Crippen molar-refractivity contribution in [3.63, 3.8) is 0 Å². The van der Waals surface area contributed by atoms with E-state index in [0.29, 0.717) is 11.9 Å². The van der Waals surface area contributed by atoms with Crippen molar-refractivity contribution in [1.82, 2.24) is 9.97 Å². The Morgan fingerprint density at radius 2 is 2.33 bits per heavy atom. The molecule has 1 aliphatic rings. The number of nitrogens with zero attached hydrogens (tertiary/aromatic N) is 3. The SMILES string of the molecule is CC(C(=O)O)N(c1cnccn1)C1CC1. The van der Waals surface area contributed by atoms with Crippen molar-refractivity contribution in [2.75, 3.05) is 4.90 Å². The number of rotatable bonds is 4. The van der Waals surface area contributed by atoms with Crippen LogP contribution in [0.4, 0.5) is 5.82 Å². The van der Waals surface area contributed by atoms with Crippen LogP contribution in [0.5, 0.6) is 0 Å². The predicted octanol–water partition coefficient (Wildman–Crippen LogP) is 0.919. The summed E-state index contributed by atoms with van der Waals surface area (Å²) in [5, 5.41) is 9.00. The molecule has 1 saturated carbocycles. The quantitative estimate of drug-likeness (QED) is 0.795. The van der Waals surface area contributed by atoms with Gasteiger partial charge in [0.1, 0.15) is 11.9 Å². The van der Waals surface area contributed by atoms with Gasteiger partial charge in [0, 0.05) is 18.4 Å². The van der Waals surface area contributed by atoms with Crippen LogP contribution in [-0.2, 0) is 4.79 Å². The molecular weight excluding hydrogens is 194 g/mol. The average molecular weight is 207 g/mol. The molecule has 0 aliphatic heterocycles. The number of carbonyl (C=O) groups is 1. The standard InChI is InChI=1S/C10H13N3O2/c1-7(10(14)15)13(8-2-3-8)9-6-11-4-5-12-9/h4-8H,2-3H2,1H3,(H,14,15). The molecule has 0 bridgehead atoms. The largest absolute Gasteiger partial charge is 0.480 e. The van der Waals surface area contributed by atoms with Gasteiger partial charge in [0.05, 0.1) is 6.20 Å². The molecule has 5 nitrogen and oxygen atoms in total. The molecule has 1 heterocycles. The molecule has 0 radical (unpaired) electrons. The summed E-state index contributed by atoms with van der Waals surface area (Å²) in [6.07, 6.45) is 6.85. The normalized spacial score (nSPS) is 17.1. The molecule has 0 saturated heterocycles. The Morgan fingerprint density at radius 1 is 1.60 bits per heavy atom. The van der Waals surface area contributed by atoms with Crippen LogP contribution in [-0.4, -0.2) is 33.1 Å². The van der Waals surface area contributed by atoms with Crippen LogP contribution in [0, 0.1) is 0 Å². The molecule has 2 rings (SSSR count). The lowest BCUT2D eigenvalue weighted by molar-refractivity contribution is -0.138. The number of carboxylic acids is 1. The van der Waals surface area contributed by atoms with E-state index in [-0.39, 0.29) is 0 Å². The molecule has 5 heteroatoms. The van der Waals surface area contributed by atoms with Crippen molar-refractivity contribution >= 4 is 11.8 Å². The Morgan fingerprint density at radius 3 is 2.80 bits per heavy atom. The monoisotopic (exact) mass is 207 g/mol. The van der Waals surface area contributed by atoms with E-state index < -0.39 is 12.0 Å². The van der Waals surface area contributed by atoms with E-state index in [1.165, 1.54) is 0 Å². The number of aliphatic carboxylic acids is 1. The van der Waals surface area contributed by atoms with Gasteiger partial charge in [0.15, 0.2) is 0 Å². The first-order valence-corrected chi connectivity index (χ1v) is 4.97. The summed E-state index contributed by atoms with van der Waals surface area (Å²) in [5.41, 5.74) is 0. The van der Waals surface area contributed by atoms with E-state index in [9.17, 15) is 4.79 Å². The third-order valence-corrected chi connectivity index (χ3v) is 2.53. The summed E-state index contributed by atoms with van der Waals surface area (Å²) < 4.78 is 0. The maximum Gasteiger partial charge on any atom is 0.326 e. The minimum Gasteiger partial charge on any atom is -0.480 e. The minimum absolute atomic E-state index is 0.313. The molecule has 1 unspecified atom stereocenters. The second-order valence-electron chi connectivity index (χ2n) is 3.72. The second kappa shape index (κ2) is 3.84. The number of hydrogen-bond donors (Lipinski definition) is 1. The third-order valence-electron chi connectivity index (χ3n) is 2.53. The zero-order valence-corrected chi connectivity index (χ0v) is 8.50. The van der Waals surface area contributed by atoms with Crippen LogP contribution in [0.1, 0.15) is 19.8 Å². The Balaban J connectivity index is 2.24. The van der Waals surface area contributed by atoms with Crippen LogP contribution >= 0.6 is 0 Å². The van der Waals surface area contributed by atoms with E-state index in [2.05, 4.69) is 9.97 Å². The zero-order valence-electron chi connectivity index (χ0n) is 8.50. The van der Waals surface area contributed by atoms with E-state index in [4.69, 9.17) is 5.11 Å². The van der Waals surface area contributed by atoms with Crippen molar-refractivity contribution in [3.8, 4) is 0 Å². The average Bonchev–Trinajstić information content (AvgIpc) is 3.04. The van der Waals surface area contributed by atoms with Crippen molar-refractivity contribution in [3.05, 3.63) is 18.6 Å². The lowest BCUT2D eigenvalue weighted by Crippen LogP contribution is -2.41. The fraction of sp³-hybridized carbons (Fsp3) is 0.500. The Labute approximate surface area is 87.8 Å². The van der Waals surface area contributed by atoms with Gasteiger partial charge >= 0.3 is 5.97 Å². The highest BCUT2D eigenvalue weighted by Gasteiger charge is 2.35. The highest BCUT2D eigenvalue weighted by molar-refractivity contribution is 5.77. The van der Waals surface area contributed by atoms with Crippen molar-refractivity contribution in [2.24, 2.45) is 0 Å². The van der Waals surface area contributed by atoms with E-state index in [1.807, 2.05) is 4.90 Å². The maximum absolute atomic E-state index is 11.0. The molecule has 0 aromatic carbocycles. The van der Waals surface area contributed by atoms with E-state index >= 15 is 0 Å². The minimum atomic E-state index is -0.826. The molecule has 1 aliphatic carbocycles. The molecule has 1 aromatic rings. The van der Waals surface area contributed by atoms with Crippen molar-refractivity contribution < 1.29 is 9.90 Å². The molecule has 15 heavy (non-hydrogen) atoms.